The topological polar surface area (TPSA) is 121 Å². The first-order valence-electron chi connectivity index (χ1n) is 14.9. The van der Waals surface area contributed by atoms with Gasteiger partial charge >= 0.3 is 0 Å². The quantitative estimate of drug-likeness (QED) is 0.391. The molecular weight excluding hydrogens is 528 g/mol. The van der Waals surface area contributed by atoms with Gasteiger partial charge in [-0.05, 0) is 87.1 Å². The summed E-state index contributed by atoms with van der Waals surface area (Å²) in [6, 6.07) is 7.50. The van der Waals surface area contributed by atoms with Gasteiger partial charge in [-0.15, -0.1) is 0 Å². The normalized spacial score (nSPS) is 13.3. The molecule has 0 radical (unpaired) electrons. The minimum Gasteiger partial charge on any atom is -0.550 e. The van der Waals surface area contributed by atoms with Crippen molar-refractivity contribution >= 4 is 11.9 Å². The van der Waals surface area contributed by atoms with Crippen molar-refractivity contribution in [2.24, 2.45) is 5.41 Å². The molecule has 2 N–H and O–H groups in total. The Labute approximate surface area is 253 Å². The van der Waals surface area contributed by atoms with Gasteiger partial charge in [-0.3, -0.25) is 0 Å². The second-order valence-electron chi connectivity index (χ2n) is 16.2. The standard InChI is InChI=1S/C36H54O6/c1-32(2,3)24-16-22(17-25(29(24)39)33(4,5)6)20-36(31(41)42,15-13-14-28(37)38)21-23-18-26(34(7,8)9)30(40)27(19-23)35(10,11)12/h16-19,39-40H,13-15,20-21H2,1-12H3,(H,37,38)(H,41,42)/p-2. The summed E-state index contributed by atoms with van der Waals surface area (Å²) in [5, 5.41) is 47.0. The van der Waals surface area contributed by atoms with Gasteiger partial charge in [0.25, 0.3) is 0 Å². The Morgan fingerprint density at radius 1 is 0.595 bits per heavy atom. The molecule has 0 bridgehead atoms. The third-order valence-corrected chi connectivity index (χ3v) is 8.13. The van der Waals surface area contributed by atoms with Crippen LogP contribution >= 0.6 is 0 Å². The molecule has 2 aromatic rings. The summed E-state index contributed by atoms with van der Waals surface area (Å²) in [6.45, 7) is 24.0. The summed E-state index contributed by atoms with van der Waals surface area (Å²) in [6.07, 6.45) is 0.0947. The van der Waals surface area contributed by atoms with Crippen molar-refractivity contribution in [3.63, 3.8) is 0 Å². The number of hydrogen-bond acceptors (Lipinski definition) is 6. The van der Waals surface area contributed by atoms with E-state index in [0.29, 0.717) is 0 Å². The lowest BCUT2D eigenvalue weighted by Crippen LogP contribution is -2.46. The van der Waals surface area contributed by atoms with Crippen molar-refractivity contribution in [2.75, 3.05) is 0 Å². The van der Waals surface area contributed by atoms with Gasteiger partial charge in [-0.1, -0.05) is 107 Å². The predicted octanol–water partition coefficient (Wildman–Crippen LogP) is 5.73. The van der Waals surface area contributed by atoms with Gasteiger partial charge in [0.15, 0.2) is 0 Å². The van der Waals surface area contributed by atoms with Crippen LogP contribution in [-0.2, 0) is 44.1 Å². The first-order valence-corrected chi connectivity index (χ1v) is 14.9. The van der Waals surface area contributed by atoms with Crippen LogP contribution in [0.3, 0.4) is 0 Å². The molecule has 0 unspecified atom stereocenters. The molecule has 0 atom stereocenters. The monoisotopic (exact) mass is 580 g/mol. The van der Waals surface area contributed by atoms with E-state index in [0.717, 1.165) is 33.4 Å². The average molecular weight is 581 g/mol. The van der Waals surface area contributed by atoms with Crippen molar-refractivity contribution < 1.29 is 30.0 Å². The number of carboxylic acid groups (broad SMARTS) is 2. The second kappa shape index (κ2) is 11.9. The molecule has 0 aliphatic rings. The van der Waals surface area contributed by atoms with E-state index in [1.807, 2.05) is 107 Å². The molecular formula is C36H52O6-2. The second-order valence-corrected chi connectivity index (χ2v) is 16.2. The molecule has 234 valence electrons. The Morgan fingerprint density at radius 2 is 0.881 bits per heavy atom. The van der Waals surface area contributed by atoms with Gasteiger partial charge in [0.2, 0.25) is 0 Å². The van der Waals surface area contributed by atoms with Crippen LogP contribution in [-0.4, -0.2) is 22.2 Å². The number of hydrogen-bond donors (Lipinski definition) is 2. The van der Waals surface area contributed by atoms with Crippen LogP contribution in [0.25, 0.3) is 0 Å². The zero-order chi connectivity index (χ0) is 32.6. The molecule has 0 saturated carbocycles. The van der Waals surface area contributed by atoms with E-state index in [-0.39, 0.29) is 43.6 Å². The van der Waals surface area contributed by atoms with Crippen LogP contribution in [0.15, 0.2) is 24.3 Å². The molecule has 6 nitrogen and oxygen atoms in total. The lowest BCUT2D eigenvalue weighted by Gasteiger charge is -2.38. The summed E-state index contributed by atoms with van der Waals surface area (Å²) >= 11 is 0. The third-order valence-electron chi connectivity index (χ3n) is 8.13. The summed E-state index contributed by atoms with van der Waals surface area (Å²) in [7, 11) is 0. The average Bonchev–Trinajstić information content (AvgIpc) is 2.77. The molecule has 0 aromatic heterocycles. The highest BCUT2D eigenvalue weighted by molar-refractivity contribution is 5.74. The highest BCUT2D eigenvalue weighted by Crippen LogP contribution is 2.44. The van der Waals surface area contributed by atoms with E-state index in [1.54, 1.807) is 0 Å². The zero-order valence-corrected chi connectivity index (χ0v) is 27.9. The van der Waals surface area contributed by atoms with Crippen LogP contribution in [0, 0.1) is 5.41 Å². The van der Waals surface area contributed by atoms with E-state index in [2.05, 4.69) is 0 Å². The fourth-order valence-electron chi connectivity index (χ4n) is 5.72. The predicted molar refractivity (Wildman–Crippen MR) is 165 cm³/mol. The molecule has 6 heteroatoms. The van der Waals surface area contributed by atoms with Crippen LogP contribution in [0.4, 0.5) is 0 Å². The smallest absolute Gasteiger partial charge is 0.123 e. The molecule has 0 saturated heterocycles. The third kappa shape index (κ3) is 8.29. The number of carboxylic acids is 2. The number of carbonyl (C=O) groups excluding carboxylic acids is 2. The summed E-state index contributed by atoms with van der Waals surface area (Å²) in [5.74, 6) is -2.08. The summed E-state index contributed by atoms with van der Waals surface area (Å²) in [4.78, 5) is 24.5. The molecule has 0 heterocycles. The van der Waals surface area contributed by atoms with Crippen molar-refractivity contribution in [3.05, 3.63) is 57.6 Å². The number of phenolic OH excluding ortho intramolecular Hbond substituents is 2. The summed E-state index contributed by atoms with van der Waals surface area (Å²) in [5.41, 5.74) is 1.32. The first kappa shape index (κ1) is 35.2. The van der Waals surface area contributed by atoms with E-state index < -0.39 is 39.0 Å². The number of rotatable bonds is 9. The largest absolute Gasteiger partial charge is 0.550 e. The van der Waals surface area contributed by atoms with Crippen LogP contribution in [0.1, 0.15) is 136 Å². The Hall–Kier alpha value is -3.02. The maximum absolute atomic E-state index is 13.2. The Bertz CT molecular complexity index is 1150. The van der Waals surface area contributed by atoms with Crippen molar-refractivity contribution in [3.8, 4) is 11.5 Å². The van der Waals surface area contributed by atoms with Gasteiger partial charge in [0.05, 0.1) is 0 Å². The Kier molecular flexibility index (Phi) is 9.99. The van der Waals surface area contributed by atoms with E-state index in [9.17, 15) is 30.0 Å². The maximum atomic E-state index is 13.2. The molecule has 0 fully saturated rings. The fraction of sp³-hybridized carbons (Fsp3) is 0.611. The van der Waals surface area contributed by atoms with E-state index in [1.165, 1.54) is 0 Å². The van der Waals surface area contributed by atoms with Crippen LogP contribution in [0.2, 0.25) is 0 Å². The Balaban J connectivity index is 2.86. The number of aromatic hydroxyl groups is 2. The lowest BCUT2D eigenvalue weighted by molar-refractivity contribution is -0.320. The van der Waals surface area contributed by atoms with Crippen molar-refractivity contribution in [1.82, 2.24) is 0 Å². The molecule has 0 amide bonds. The molecule has 42 heavy (non-hydrogen) atoms. The van der Waals surface area contributed by atoms with Gasteiger partial charge in [0, 0.05) is 17.4 Å². The maximum Gasteiger partial charge on any atom is 0.123 e. The van der Waals surface area contributed by atoms with Gasteiger partial charge < -0.3 is 30.0 Å². The zero-order valence-electron chi connectivity index (χ0n) is 27.9. The van der Waals surface area contributed by atoms with Gasteiger partial charge in [-0.2, -0.15) is 0 Å². The molecule has 2 rings (SSSR count). The van der Waals surface area contributed by atoms with Crippen LogP contribution < -0.4 is 10.2 Å². The van der Waals surface area contributed by atoms with Crippen molar-refractivity contribution in [2.45, 2.75) is 137 Å². The number of phenols is 2. The first-order chi connectivity index (χ1) is 18.8. The number of benzene rings is 2. The number of aliphatic carboxylic acids is 2. The highest BCUT2D eigenvalue weighted by atomic mass is 16.4. The Morgan fingerprint density at radius 3 is 1.10 bits per heavy atom. The molecule has 0 spiro atoms. The van der Waals surface area contributed by atoms with Crippen LogP contribution in [0.5, 0.6) is 11.5 Å². The summed E-state index contributed by atoms with van der Waals surface area (Å²) < 4.78 is 0. The van der Waals surface area contributed by atoms with Crippen molar-refractivity contribution in [1.29, 1.82) is 0 Å². The molecule has 0 aliphatic carbocycles. The van der Waals surface area contributed by atoms with E-state index >= 15 is 0 Å². The van der Waals surface area contributed by atoms with Gasteiger partial charge in [0.1, 0.15) is 11.5 Å². The minimum absolute atomic E-state index is 0.0659. The highest BCUT2D eigenvalue weighted by Gasteiger charge is 2.36. The molecule has 2 aromatic carbocycles. The minimum atomic E-state index is -1.45. The lowest BCUT2D eigenvalue weighted by atomic mass is 9.70. The number of carbonyl (C=O) groups is 2. The fourth-order valence-corrected chi connectivity index (χ4v) is 5.72. The van der Waals surface area contributed by atoms with Gasteiger partial charge in [-0.25, -0.2) is 0 Å². The van der Waals surface area contributed by atoms with E-state index in [4.69, 9.17) is 0 Å². The SMILES string of the molecule is CC(C)(C)c1cc(CC(CCCC(=O)[O-])(Cc2cc(C(C)(C)C)c(O)c(C(C)(C)C)c2)C(=O)[O-])cc(C(C)(C)C)c1O. The molecule has 0 aliphatic heterocycles.